The lowest BCUT2D eigenvalue weighted by molar-refractivity contribution is 0.0176. The summed E-state index contributed by atoms with van der Waals surface area (Å²) < 4.78 is 5.84. The largest absolute Gasteiger partial charge is 0.374 e. The van der Waals surface area contributed by atoms with E-state index < -0.39 is 0 Å². The molecule has 1 unspecified atom stereocenters. The molecule has 102 valence electrons. The first-order chi connectivity index (χ1) is 7.91. The van der Waals surface area contributed by atoms with Gasteiger partial charge in [-0.2, -0.15) is 0 Å². The van der Waals surface area contributed by atoms with E-state index in [0.29, 0.717) is 6.04 Å². The van der Waals surface area contributed by atoms with E-state index in [1.807, 2.05) is 0 Å². The molecule has 0 aliphatic carbocycles. The summed E-state index contributed by atoms with van der Waals surface area (Å²) in [6, 6.07) is 0.649. The van der Waals surface area contributed by atoms with Crippen molar-refractivity contribution in [3.63, 3.8) is 0 Å². The van der Waals surface area contributed by atoms with Crippen LogP contribution in [0, 0.1) is 11.8 Å². The molecule has 0 amide bonds. The van der Waals surface area contributed by atoms with Gasteiger partial charge in [-0.05, 0) is 44.4 Å². The summed E-state index contributed by atoms with van der Waals surface area (Å²) in [5, 5.41) is 3.74. The molecule has 1 fully saturated rings. The number of nitrogens with one attached hydrogen (secondary N) is 1. The maximum absolute atomic E-state index is 5.84. The first kappa shape index (κ1) is 15.0. The quantitative estimate of drug-likeness (QED) is 0.735. The Bertz CT molecular complexity index is 197. The van der Waals surface area contributed by atoms with E-state index >= 15 is 0 Å². The Labute approximate surface area is 108 Å². The SMILES string of the molecule is CC(C)CC(CC(C)C)NCC1(C)CCCO1. The van der Waals surface area contributed by atoms with Crippen molar-refractivity contribution < 1.29 is 4.74 Å². The zero-order valence-electron chi connectivity index (χ0n) is 12.4. The standard InChI is InChI=1S/C15H31NO/c1-12(2)9-14(10-13(3)4)16-11-15(5)7-6-8-17-15/h12-14,16H,6-11H2,1-5H3. The van der Waals surface area contributed by atoms with Crippen molar-refractivity contribution in [2.75, 3.05) is 13.2 Å². The molecule has 1 N–H and O–H groups in total. The van der Waals surface area contributed by atoms with Crippen molar-refractivity contribution in [2.45, 2.75) is 71.9 Å². The van der Waals surface area contributed by atoms with Crippen molar-refractivity contribution in [1.29, 1.82) is 0 Å². The zero-order chi connectivity index (χ0) is 12.9. The van der Waals surface area contributed by atoms with E-state index in [1.54, 1.807) is 0 Å². The van der Waals surface area contributed by atoms with Gasteiger partial charge in [0.25, 0.3) is 0 Å². The van der Waals surface area contributed by atoms with Crippen LogP contribution in [-0.4, -0.2) is 24.8 Å². The van der Waals surface area contributed by atoms with Gasteiger partial charge in [-0.15, -0.1) is 0 Å². The third kappa shape index (κ3) is 5.87. The van der Waals surface area contributed by atoms with Crippen LogP contribution in [0.1, 0.15) is 60.3 Å². The molecule has 1 heterocycles. The minimum Gasteiger partial charge on any atom is -0.374 e. The third-order valence-electron chi connectivity index (χ3n) is 3.58. The van der Waals surface area contributed by atoms with Crippen LogP contribution in [0.5, 0.6) is 0 Å². The molecule has 1 aliphatic heterocycles. The highest BCUT2D eigenvalue weighted by Gasteiger charge is 2.30. The van der Waals surface area contributed by atoms with Crippen molar-refractivity contribution in [1.82, 2.24) is 5.32 Å². The summed E-state index contributed by atoms with van der Waals surface area (Å²) in [6.45, 7) is 13.4. The molecular weight excluding hydrogens is 210 g/mol. The van der Waals surface area contributed by atoms with Crippen molar-refractivity contribution >= 4 is 0 Å². The number of rotatable bonds is 7. The van der Waals surface area contributed by atoms with Crippen molar-refractivity contribution in [2.24, 2.45) is 11.8 Å². The molecule has 0 aromatic rings. The first-order valence-corrected chi connectivity index (χ1v) is 7.28. The highest BCUT2D eigenvalue weighted by atomic mass is 16.5. The second-order valence-corrected chi connectivity index (χ2v) is 6.74. The Morgan fingerprint density at radius 3 is 2.12 bits per heavy atom. The minimum atomic E-state index is 0.0895. The maximum Gasteiger partial charge on any atom is 0.0779 e. The Morgan fingerprint density at radius 1 is 1.12 bits per heavy atom. The molecule has 0 radical (unpaired) electrons. The van der Waals surface area contributed by atoms with Gasteiger partial charge in [0.1, 0.15) is 0 Å². The summed E-state index contributed by atoms with van der Waals surface area (Å²) in [6.07, 6.45) is 4.97. The summed E-state index contributed by atoms with van der Waals surface area (Å²) in [4.78, 5) is 0. The highest BCUT2D eigenvalue weighted by molar-refractivity contribution is 4.84. The monoisotopic (exact) mass is 241 g/mol. The van der Waals surface area contributed by atoms with Crippen LogP contribution in [0.3, 0.4) is 0 Å². The normalized spacial score (nSPS) is 25.4. The smallest absolute Gasteiger partial charge is 0.0779 e. The lowest BCUT2D eigenvalue weighted by atomic mass is 9.94. The van der Waals surface area contributed by atoms with E-state index in [0.717, 1.165) is 25.0 Å². The van der Waals surface area contributed by atoms with Crippen molar-refractivity contribution in [3.8, 4) is 0 Å². The lowest BCUT2D eigenvalue weighted by Gasteiger charge is -2.29. The van der Waals surface area contributed by atoms with Crippen molar-refractivity contribution in [3.05, 3.63) is 0 Å². The second kappa shape index (κ2) is 6.75. The average Bonchev–Trinajstić information content (AvgIpc) is 2.61. The fraction of sp³-hybridized carbons (Fsp3) is 1.00. The fourth-order valence-electron chi connectivity index (χ4n) is 2.74. The highest BCUT2D eigenvalue weighted by Crippen LogP contribution is 2.24. The van der Waals surface area contributed by atoms with Gasteiger partial charge in [-0.1, -0.05) is 27.7 Å². The van der Waals surface area contributed by atoms with Gasteiger partial charge in [0.05, 0.1) is 5.60 Å². The summed E-state index contributed by atoms with van der Waals surface area (Å²) >= 11 is 0. The van der Waals surface area contributed by atoms with Gasteiger partial charge in [-0.3, -0.25) is 0 Å². The lowest BCUT2D eigenvalue weighted by Crippen LogP contribution is -2.43. The van der Waals surface area contributed by atoms with E-state index in [-0.39, 0.29) is 5.60 Å². The summed E-state index contributed by atoms with van der Waals surface area (Å²) in [5.41, 5.74) is 0.0895. The zero-order valence-corrected chi connectivity index (χ0v) is 12.4. The van der Waals surface area contributed by atoms with Gasteiger partial charge in [0.2, 0.25) is 0 Å². The van der Waals surface area contributed by atoms with E-state index in [4.69, 9.17) is 4.74 Å². The van der Waals surface area contributed by atoms with Crippen LogP contribution in [0.25, 0.3) is 0 Å². The third-order valence-corrected chi connectivity index (χ3v) is 3.58. The Kier molecular flexibility index (Phi) is 5.94. The first-order valence-electron chi connectivity index (χ1n) is 7.28. The molecule has 1 rings (SSSR count). The molecule has 0 spiro atoms. The van der Waals surface area contributed by atoms with E-state index in [9.17, 15) is 0 Å². The van der Waals surface area contributed by atoms with Crippen LogP contribution < -0.4 is 5.32 Å². The number of hydrogen-bond donors (Lipinski definition) is 1. The number of hydrogen-bond acceptors (Lipinski definition) is 2. The average molecular weight is 241 g/mol. The van der Waals surface area contributed by atoms with E-state index in [2.05, 4.69) is 39.9 Å². The molecule has 2 nitrogen and oxygen atoms in total. The molecule has 2 heteroatoms. The molecule has 0 aromatic carbocycles. The summed E-state index contributed by atoms with van der Waals surface area (Å²) in [7, 11) is 0. The van der Waals surface area contributed by atoms with Gasteiger partial charge in [0, 0.05) is 19.2 Å². The Morgan fingerprint density at radius 2 is 1.71 bits per heavy atom. The molecular formula is C15H31NO. The Balaban J connectivity index is 2.36. The topological polar surface area (TPSA) is 21.3 Å². The molecule has 0 saturated carbocycles. The van der Waals surface area contributed by atoms with Crippen LogP contribution >= 0.6 is 0 Å². The predicted molar refractivity (Wildman–Crippen MR) is 74.3 cm³/mol. The van der Waals surface area contributed by atoms with Gasteiger partial charge in [-0.25, -0.2) is 0 Å². The summed E-state index contributed by atoms with van der Waals surface area (Å²) in [5.74, 6) is 1.53. The second-order valence-electron chi connectivity index (χ2n) is 6.74. The Hall–Kier alpha value is -0.0800. The number of ether oxygens (including phenoxy) is 1. The maximum atomic E-state index is 5.84. The van der Waals surface area contributed by atoms with Gasteiger partial charge < -0.3 is 10.1 Å². The molecule has 17 heavy (non-hydrogen) atoms. The van der Waals surface area contributed by atoms with Gasteiger partial charge in [0.15, 0.2) is 0 Å². The molecule has 0 aromatic heterocycles. The molecule has 1 aliphatic rings. The van der Waals surface area contributed by atoms with Crippen LogP contribution in [0.2, 0.25) is 0 Å². The molecule has 1 saturated heterocycles. The fourth-order valence-corrected chi connectivity index (χ4v) is 2.74. The minimum absolute atomic E-state index is 0.0895. The van der Waals surface area contributed by atoms with E-state index in [1.165, 1.54) is 25.7 Å². The molecule has 1 atom stereocenters. The predicted octanol–water partition coefficient (Wildman–Crippen LogP) is 3.61. The van der Waals surface area contributed by atoms with Crippen LogP contribution in [-0.2, 0) is 4.74 Å². The van der Waals surface area contributed by atoms with Crippen LogP contribution in [0.4, 0.5) is 0 Å². The van der Waals surface area contributed by atoms with Crippen LogP contribution in [0.15, 0.2) is 0 Å². The molecule has 0 bridgehead atoms. The van der Waals surface area contributed by atoms with Gasteiger partial charge >= 0.3 is 0 Å².